The summed E-state index contributed by atoms with van der Waals surface area (Å²) < 4.78 is 0. The van der Waals surface area contributed by atoms with Gasteiger partial charge in [0.25, 0.3) is 0 Å². The van der Waals surface area contributed by atoms with Crippen LogP contribution in [0.2, 0.25) is 0 Å². The van der Waals surface area contributed by atoms with Crippen molar-refractivity contribution >= 4 is 18.5 Å². The molecule has 1 amide bonds. The van der Waals surface area contributed by atoms with E-state index in [1.54, 1.807) is 0 Å². The van der Waals surface area contributed by atoms with Gasteiger partial charge in [0.2, 0.25) is 18.5 Å². The fourth-order valence-electron chi connectivity index (χ4n) is 0.451. The molecule has 0 heterocycles. The van der Waals surface area contributed by atoms with Crippen LogP contribution >= 0.6 is 0 Å². The average Bonchev–Trinajstić information content (AvgIpc) is 1.86. The van der Waals surface area contributed by atoms with Crippen LogP contribution in [-0.4, -0.2) is 24.5 Å². The normalized spacial score (nSPS) is 11.7. The van der Waals surface area contributed by atoms with E-state index in [-0.39, 0.29) is 12.3 Å². The molecular weight excluding hydrogens is 134 g/mol. The van der Waals surface area contributed by atoms with E-state index in [4.69, 9.17) is 0 Å². The molecule has 1 unspecified atom stereocenters. The van der Waals surface area contributed by atoms with Crippen molar-refractivity contribution in [1.82, 2.24) is 5.32 Å². The summed E-state index contributed by atoms with van der Waals surface area (Å²) in [6, 6.07) is -0.838. The van der Waals surface area contributed by atoms with E-state index < -0.39 is 6.04 Å². The van der Waals surface area contributed by atoms with Gasteiger partial charge in [-0.1, -0.05) is 0 Å². The molecule has 0 saturated heterocycles. The smallest absolute Gasteiger partial charge is 0.223 e. The number of carbonyl (C=O) groups is 1. The van der Waals surface area contributed by atoms with Crippen LogP contribution in [0.5, 0.6) is 0 Å². The van der Waals surface area contributed by atoms with Crippen molar-refractivity contribution in [1.29, 1.82) is 0 Å². The Balaban J connectivity index is 3.70. The maximum Gasteiger partial charge on any atom is 0.223 e. The van der Waals surface area contributed by atoms with E-state index in [0.29, 0.717) is 0 Å². The van der Waals surface area contributed by atoms with Crippen molar-refractivity contribution in [2.24, 2.45) is 0 Å². The van der Waals surface area contributed by atoms with Gasteiger partial charge in [0.1, 0.15) is 6.04 Å². The fourth-order valence-corrected chi connectivity index (χ4v) is 0.451. The molecule has 0 aromatic carbocycles. The van der Waals surface area contributed by atoms with Crippen LogP contribution in [0.15, 0.2) is 0 Å². The second kappa shape index (κ2) is 4.67. The van der Waals surface area contributed by atoms with Gasteiger partial charge in [-0.2, -0.15) is 0 Å². The number of amides is 1. The Hall–Kier alpha value is -1.19. The Kier molecular flexibility index (Phi) is 4.11. The number of hydrogen-bond donors (Lipinski definition) is 1. The molecule has 0 aromatic heterocycles. The predicted octanol–water partition coefficient (Wildman–Crippen LogP) is -0.899. The van der Waals surface area contributed by atoms with Crippen LogP contribution in [0.3, 0.4) is 0 Å². The minimum Gasteiger partial charge on any atom is -0.346 e. The van der Waals surface area contributed by atoms with E-state index in [2.05, 4.69) is 5.32 Å². The molecule has 1 atom stereocenters. The maximum absolute atomic E-state index is 10.3. The first-order valence-corrected chi connectivity index (χ1v) is 2.70. The minimum absolute atomic E-state index is 0.136. The summed E-state index contributed by atoms with van der Waals surface area (Å²) in [6.07, 6.45) is 2.85. The fraction of sp³-hybridized carbons (Fsp3) is 0.500. The zero-order valence-corrected chi connectivity index (χ0v) is 5.51. The summed E-state index contributed by atoms with van der Waals surface area (Å²) in [4.78, 5) is 29.9. The van der Waals surface area contributed by atoms with Crippen molar-refractivity contribution < 1.29 is 14.4 Å². The number of carbonyl (C=O) groups excluding carboxylic acids is 3. The van der Waals surface area contributed by atoms with E-state index >= 15 is 0 Å². The molecule has 54 valence electrons. The highest BCUT2D eigenvalue weighted by molar-refractivity contribution is 5.78. The topological polar surface area (TPSA) is 63.2 Å². The second-order valence-corrected chi connectivity index (χ2v) is 1.72. The van der Waals surface area contributed by atoms with Crippen molar-refractivity contribution in [3.63, 3.8) is 0 Å². The molecule has 0 aliphatic carbocycles. The lowest BCUT2D eigenvalue weighted by Gasteiger charge is -2.03. The van der Waals surface area contributed by atoms with Crippen LogP contribution in [0, 0.1) is 0 Å². The van der Waals surface area contributed by atoms with Gasteiger partial charge >= 0.3 is 0 Å². The molecule has 0 aliphatic rings. The number of rotatable bonds is 4. The highest BCUT2D eigenvalue weighted by Crippen LogP contribution is 1.82. The number of nitrogens with one attached hydrogen (secondary N) is 1. The summed E-state index contributed by atoms with van der Waals surface area (Å²) in [5.41, 5.74) is 0. The standard InChI is InChI=1S/C6H7NO3/c1-5(10)7-6(4-9)2-3-8/h6H,2H2,1H3,(H,7,10). The molecule has 0 aliphatic heterocycles. The zero-order chi connectivity index (χ0) is 7.98. The molecule has 4 nitrogen and oxygen atoms in total. The van der Waals surface area contributed by atoms with Crippen LogP contribution in [-0.2, 0) is 14.4 Å². The molecule has 0 aromatic rings. The molecule has 1 N–H and O–H groups in total. The summed E-state index contributed by atoms with van der Waals surface area (Å²) >= 11 is 0. The highest BCUT2D eigenvalue weighted by Gasteiger charge is 2.07. The molecule has 0 rings (SSSR count). The summed E-state index contributed by atoms with van der Waals surface area (Å²) in [5.74, 6) is -0.358. The van der Waals surface area contributed by atoms with Gasteiger partial charge in [0, 0.05) is 13.3 Å². The molecule has 0 spiro atoms. The third kappa shape index (κ3) is 3.77. The quantitative estimate of drug-likeness (QED) is 0.551. The van der Waals surface area contributed by atoms with E-state index in [9.17, 15) is 14.4 Å². The predicted molar refractivity (Wildman–Crippen MR) is 33.6 cm³/mol. The Labute approximate surface area is 58.6 Å². The highest BCUT2D eigenvalue weighted by atomic mass is 16.2. The zero-order valence-electron chi connectivity index (χ0n) is 5.51. The largest absolute Gasteiger partial charge is 0.346 e. The third-order valence-electron chi connectivity index (χ3n) is 0.807. The van der Waals surface area contributed by atoms with Crippen molar-refractivity contribution in [3.05, 3.63) is 0 Å². The number of hydrogen-bond acceptors (Lipinski definition) is 3. The first-order chi connectivity index (χ1) is 4.70. The van der Waals surface area contributed by atoms with Crippen LogP contribution in [0.4, 0.5) is 0 Å². The molecule has 0 bridgehead atoms. The third-order valence-corrected chi connectivity index (χ3v) is 0.807. The maximum atomic E-state index is 10.3. The monoisotopic (exact) mass is 141 g/mol. The summed E-state index contributed by atoms with van der Waals surface area (Å²) in [6.45, 7) is 1.26. The lowest BCUT2D eigenvalue weighted by atomic mass is 10.2. The van der Waals surface area contributed by atoms with Gasteiger partial charge in [0.15, 0.2) is 0 Å². The van der Waals surface area contributed by atoms with Gasteiger partial charge in [-0.25, -0.2) is 0 Å². The van der Waals surface area contributed by atoms with Gasteiger partial charge in [-0.05, 0) is 0 Å². The first kappa shape index (κ1) is 8.81. The van der Waals surface area contributed by atoms with Gasteiger partial charge in [0.05, 0.1) is 0 Å². The van der Waals surface area contributed by atoms with E-state index in [1.807, 2.05) is 0 Å². The second-order valence-electron chi connectivity index (χ2n) is 1.72. The van der Waals surface area contributed by atoms with Gasteiger partial charge < -0.3 is 5.32 Å². The van der Waals surface area contributed by atoms with Crippen molar-refractivity contribution in [2.75, 3.05) is 0 Å². The Bertz CT molecular complexity index is 144. The summed E-state index contributed by atoms with van der Waals surface area (Å²) in [7, 11) is 0. The molecule has 10 heavy (non-hydrogen) atoms. The van der Waals surface area contributed by atoms with E-state index in [0.717, 1.165) is 0 Å². The summed E-state index contributed by atoms with van der Waals surface area (Å²) in [5, 5.41) is 2.21. The Morgan fingerprint density at radius 1 is 1.60 bits per heavy atom. The van der Waals surface area contributed by atoms with Gasteiger partial charge in [-0.15, -0.1) is 0 Å². The van der Waals surface area contributed by atoms with Gasteiger partial charge in [-0.3, -0.25) is 14.4 Å². The molecule has 0 fully saturated rings. The minimum atomic E-state index is -0.838. The Morgan fingerprint density at radius 2 is 2.20 bits per heavy atom. The first-order valence-electron chi connectivity index (χ1n) is 2.70. The van der Waals surface area contributed by atoms with Crippen LogP contribution in [0.1, 0.15) is 13.3 Å². The van der Waals surface area contributed by atoms with Crippen molar-refractivity contribution in [2.45, 2.75) is 19.4 Å². The molecule has 0 saturated carbocycles. The van der Waals surface area contributed by atoms with Crippen LogP contribution < -0.4 is 5.32 Å². The molecular formula is C6H7NO3. The molecule has 2 radical (unpaired) electrons. The van der Waals surface area contributed by atoms with Crippen molar-refractivity contribution in [3.8, 4) is 0 Å². The lowest BCUT2D eigenvalue weighted by molar-refractivity contribution is -0.119. The van der Waals surface area contributed by atoms with E-state index in [1.165, 1.54) is 19.5 Å². The molecule has 4 heteroatoms. The van der Waals surface area contributed by atoms with Crippen LogP contribution in [0.25, 0.3) is 0 Å². The Morgan fingerprint density at radius 3 is 2.50 bits per heavy atom. The average molecular weight is 141 g/mol. The lowest BCUT2D eigenvalue weighted by Crippen LogP contribution is -2.34. The SMILES string of the molecule is CC(=O)NC([C]=O)C[C]=O.